The Labute approximate surface area is 127 Å². The minimum absolute atomic E-state index is 0.178. The fourth-order valence-corrected chi connectivity index (χ4v) is 2.53. The van der Waals surface area contributed by atoms with E-state index in [0.717, 1.165) is 10.5 Å². The maximum absolute atomic E-state index is 13.4. The van der Waals surface area contributed by atoms with Gasteiger partial charge in [0.1, 0.15) is 5.82 Å². The van der Waals surface area contributed by atoms with E-state index in [9.17, 15) is 14.3 Å². The van der Waals surface area contributed by atoms with Crippen molar-refractivity contribution in [1.82, 2.24) is 0 Å². The quantitative estimate of drug-likeness (QED) is 0.830. The highest BCUT2D eigenvalue weighted by atomic mass is 32.2. The van der Waals surface area contributed by atoms with Crippen molar-refractivity contribution in [2.45, 2.75) is 17.9 Å². The van der Waals surface area contributed by atoms with E-state index in [1.807, 2.05) is 24.3 Å². The van der Waals surface area contributed by atoms with Gasteiger partial charge in [-0.15, -0.1) is 11.8 Å². The molecule has 0 fully saturated rings. The second kappa shape index (κ2) is 7.24. The van der Waals surface area contributed by atoms with Crippen LogP contribution in [0.4, 0.5) is 10.1 Å². The molecule has 0 saturated carbocycles. The first-order valence-corrected chi connectivity index (χ1v) is 7.50. The van der Waals surface area contributed by atoms with Crippen molar-refractivity contribution in [3.63, 3.8) is 0 Å². The first kappa shape index (κ1) is 15.5. The lowest BCUT2D eigenvalue weighted by Crippen LogP contribution is -2.14. The van der Waals surface area contributed by atoms with Crippen LogP contribution in [0.2, 0.25) is 0 Å². The molecule has 0 aromatic heterocycles. The van der Waals surface area contributed by atoms with Gasteiger partial charge >= 0.3 is 0 Å². The summed E-state index contributed by atoms with van der Waals surface area (Å²) in [5.41, 5.74) is 0.982. The molecule has 2 aromatic carbocycles. The summed E-state index contributed by atoms with van der Waals surface area (Å²) >= 11 is 1.34. The molecule has 1 amide bonds. The summed E-state index contributed by atoms with van der Waals surface area (Å²) in [5.74, 6) is -0.545. The molecule has 3 nitrogen and oxygen atoms in total. The van der Waals surface area contributed by atoms with Gasteiger partial charge in [0, 0.05) is 4.90 Å². The average molecular weight is 305 g/mol. The monoisotopic (exact) mass is 305 g/mol. The zero-order valence-corrected chi connectivity index (χ0v) is 12.4. The van der Waals surface area contributed by atoms with E-state index in [1.54, 1.807) is 19.1 Å². The van der Waals surface area contributed by atoms with Crippen LogP contribution in [-0.4, -0.2) is 16.8 Å². The first-order valence-electron chi connectivity index (χ1n) is 6.51. The topological polar surface area (TPSA) is 49.3 Å². The summed E-state index contributed by atoms with van der Waals surface area (Å²) in [6, 6.07) is 13.4. The molecule has 1 unspecified atom stereocenters. The van der Waals surface area contributed by atoms with Crippen LogP contribution in [0.3, 0.4) is 0 Å². The highest BCUT2D eigenvalue weighted by Gasteiger charge is 2.08. The second-order valence-electron chi connectivity index (χ2n) is 4.57. The molecule has 0 saturated heterocycles. The van der Waals surface area contributed by atoms with Crippen LogP contribution in [0, 0.1) is 5.82 Å². The molecular formula is C16H16FNO2S. The van der Waals surface area contributed by atoms with Crippen molar-refractivity contribution in [3.05, 3.63) is 59.9 Å². The highest BCUT2D eigenvalue weighted by Crippen LogP contribution is 2.22. The third-order valence-corrected chi connectivity index (χ3v) is 3.85. The molecule has 110 valence electrons. The summed E-state index contributed by atoms with van der Waals surface area (Å²) in [7, 11) is 0. The van der Waals surface area contributed by atoms with Gasteiger partial charge in [0.2, 0.25) is 5.91 Å². The summed E-state index contributed by atoms with van der Waals surface area (Å²) in [5, 5.41) is 12.1. The maximum atomic E-state index is 13.4. The van der Waals surface area contributed by atoms with Gasteiger partial charge in [-0.25, -0.2) is 4.39 Å². The van der Waals surface area contributed by atoms with Crippen LogP contribution in [0.25, 0.3) is 0 Å². The number of benzene rings is 2. The Balaban J connectivity index is 1.92. The van der Waals surface area contributed by atoms with E-state index >= 15 is 0 Å². The number of thioether (sulfide) groups is 1. The summed E-state index contributed by atoms with van der Waals surface area (Å²) in [6.07, 6.45) is -0.544. The summed E-state index contributed by atoms with van der Waals surface area (Å²) in [4.78, 5) is 12.7. The smallest absolute Gasteiger partial charge is 0.234 e. The molecule has 0 aliphatic rings. The van der Waals surface area contributed by atoms with Gasteiger partial charge in [0.25, 0.3) is 0 Å². The lowest BCUT2D eigenvalue weighted by Gasteiger charge is -2.08. The Hall–Kier alpha value is -1.85. The van der Waals surface area contributed by atoms with Gasteiger partial charge in [-0.2, -0.15) is 0 Å². The van der Waals surface area contributed by atoms with Gasteiger partial charge in [0.05, 0.1) is 17.5 Å². The molecule has 21 heavy (non-hydrogen) atoms. The van der Waals surface area contributed by atoms with Crippen molar-refractivity contribution in [1.29, 1.82) is 0 Å². The van der Waals surface area contributed by atoms with Crippen molar-refractivity contribution >= 4 is 23.4 Å². The Morgan fingerprint density at radius 2 is 2.05 bits per heavy atom. The molecular weight excluding hydrogens is 289 g/mol. The van der Waals surface area contributed by atoms with Gasteiger partial charge in [0.15, 0.2) is 0 Å². The van der Waals surface area contributed by atoms with E-state index in [-0.39, 0.29) is 17.3 Å². The van der Waals surface area contributed by atoms with Crippen LogP contribution in [0.15, 0.2) is 53.4 Å². The number of carbonyl (C=O) groups is 1. The Kier molecular flexibility index (Phi) is 5.36. The maximum Gasteiger partial charge on any atom is 0.234 e. The zero-order chi connectivity index (χ0) is 15.2. The molecule has 2 aromatic rings. The number of para-hydroxylation sites is 1. The van der Waals surface area contributed by atoms with E-state index in [4.69, 9.17) is 0 Å². The number of anilines is 1. The van der Waals surface area contributed by atoms with Gasteiger partial charge in [-0.05, 0) is 36.8 Å². The number of aliphatic hydroxyl groups is 1. The van der Waals surface area contributed by atoms with Gasteiger partial charge in [-0.1, -0.05) is 24.3 Å². The van der Waals surface area contributed by atoms with Crippen molar-refractivity contribution in [2.75, 3.05) is 11.1 Å². The third-order valence-electron chi connectivity index (χ3n) is 2.86. The van der Waals surface area contributed by atoms with Gasteiger partial charge < -0.3 is 10.4 Å². The number of amides is 1. The Morgan fingerprint density at radius 3 is 2.76 bits per heavy atom. The Bertz CT molecular complexity index is 631. The normalized spacial score (nSPS) is 12.0. The minimum Gasteiger partial charge on any atom is -0.389 e. The molecule has 0 radical (unpaired) electrons. The van der Waals surface area contributed by atoms with Crippen LogP contribution in [-0.2, 0) is 4.79 Å². The molecule has 0 bridgehead atoms. The number of aliphatic hydroxyl groups excluding tert-OH is 1. The average Bonchev–Trinajstić information content (AvgIpc) is 2.48. The molecule has 2 N–H and O–H groups in total. The second-order valence-corrected chi connectivity index (χ2v) is 5.61. The van der Waals surface area contributed by atoms with Crippen molar-refractivity contribution < 1.29 is 14.3 Å². The van der Waals surface area contributed by atoms with E-state index < -0.39 is 11.9 Å². The predicted molar refractivity (Wildman–Crippen MR) is 82.8 cm³/mol. The molecule has 2 rings (SSSR count). The number of hydrogen-bond acceptors (Lipinski definition) is 3. The predicted octanol–water partition coefficient (Wildman–Crippen LogP) is 3.61. The van der Waals surface area contributed by atoms with E-state index in [1.165, 1.54) is 23.9 Å². The third kappa shape index (κ3) is 4.58. The Morgan fingerprint density at radius 1 is 1.29 bits per heavy atom. The van der Waals surface area contributed by atoms with Crippen molar-refractivity contribution in [3.8, 4) is 0 Å². The molecule has 0 heterocycles. The van der Waals surface area contributed by atoms with Crippen LogP contribution in [0.5, 0.6) is 0 Å². The number of halogens is 1. The SMILES string of the molecule is CC(O)c1cccc(SCC(=O)Nc2ccccc2F)c1. The summed E-state index contributed by atoms with van der Waals surface area (Å²) in [6.45, 7) is 1.69. The molecule has 0 spiro atoms. The lowest BCUT2D eigenvalue weighted by molar-refractivity contribution is -0.113. The van der Waals surface area contributed by atoms with Crippen molar-refractivity contribution in [2.24, 2.45) is 0 Å². The summed E-state index contributed by atoms with van der Waals surface area (Å²) < 4.78 is 13.4. The highest BCUT2D eigenvalue weighted by molar-refractivity contribution is 8.00. The zero-order valence-electron chi connectivity index (χ0n) is 11.5. The first-order chi connectivity index (χ1) is 10.1. The van der Waals surface area contributed by atoms with Crippen LogP contribution >= 0.6 is 11.8 Å². The fraction of sp³-hybridized carbons (Fsp3) is 0.188. The van der Waals surface area contributed by atoms with Gasteiger partial charge in [-0.3, -0.25) is 4.79 Å². The minimum atomic E-state index is -0.544. The van der Waals surface area contributed by atoms with Crippen LogP contribution < -0.4 is 5.32 Å². The largest absolute Gasteiger partial charge is 0.389 e. The fourth-order valence-electron chi connectivity index (χ4n) is 1.76. The molecule has 5 heteroatoms. The molecule has 1 atom stereocenters. The lowest BCUT2D eigenvalue weighted by atomic mass is 10.1. The molecule has 0 aliphatic heterocycles. The number of carbonyl (C=O) groups excluding carboxylic acids is 1. The number of hydrogen-bond donors (Lipinski definition) is 2. The number of nitrogens with one attached hydrogen (secondary N) is 1. The van der Waals surface area contributed by atoms with Crippen LogP contribution in [0.1, 0.15) is 18.6 Å². The van der Waals surface area contributed by atoms with E-state index in [2.05, 4.69) is 5.32 Å². The standard InChI is InChI=1S/C16H16FNO2S/c1-11(19)12-5-4-6-13(9-12)21-10-16(20)18-15-8-3-2-7-14(15)17/h2-9,11,19H,10H2,1H3,(H,18,20). The molecule has 0 aliphatic carbocycles. The number of rotatable bonds is 5. The van der Waals surface area contributed by atoms with E-state index in [0.29, 0.717) is 0 Å².